The Labute approximate surface area is 137 Å². The largest absolute Gasteiger partial charge is 0.454 e. The molecule has 24 heavy (non-hydrogen) atoms. The Bertz CT molecular complexity index is 836. The van der Waals surface area contributed by atoms with Crippen LogP contribution in [0.2, 0.25) is 0 Å². The Balaban J connectivity index is 1.66. The van der Waals surface area contributed by atoms with Crippen molar-refractivity contribution in [2.45, 2.75) is 6.92 Å². The molecule has 124 valence electrons. The van der Waals surface area contributed by atoms with Crippen molar-refractivity contribution in [1.29, 1.82) is 0 Å². The Morgan fingerprint density at radius 1 is 1.12 bits per heavy atom. The summed E-state index contributed by atoms with van der Waals surface area (Å²) in [6.07, 6.45) is 1.54. The van der Waals surface area contributed by atoms with Crippen molar-refractivity contribution in [1.82, 2.24) is 4.57 Å². The first-order valence-electron chi connectivity index (χ1n) is 7.23. The van der Waals surface area contributed by atoms with Crippen molar-refractivity contribution in [3.8, 4) is 11.5 Å². The molecule has 0 unspecified atom stereocenters. The Morgan fingerprint density at radius 2 is 1.88 bits per heavy atom. The van der Waals surface area contributed by atoms with Crippen LogP contribution in [0.1, 0.15) is 38.1 Å². The maximum Gasteiger partial charge on any atom is 0.355 e. The van der Waals surface area contributed by atoms with Crippen LogP contribution in [-0.2, 0) is 11.8 Å². The van der Waals surface area contributed by atoms with Gasteiger partial charge in [-0.2, -0.15) is 0 Å². The number of fused-ring (bicyclic) bond motifs is 1. The van der Waals surface area contributed by atoms with E-state index in [0.29, 0.717) is 22.6 Å². The van der Waals surface area contributed by atoms with E-state index < -0.39 is 12.6 Å². The quantitative estimate of drug-likeness (QED) is 0.616. The molecule has 0 amide bonds. The summed E-state index contributed by atoms with van der Waals surface area (Å²) < 4.78 is 16.9. The molecule has 0 N–H and O–H groups in total. The molecule has 0 spiro atoms. The van der Waals surface area contributed by atoms with E-state index in [4.69, 9.17) is 14.2 Å². The minimum Gasteiger partial charge on any atom is -0.454 e. The molecule has 1 aliphatic rings. The van der Waals surface area contributed by atoms with E-state index in [1.54, 1.807) is 31.4 Å². The molecule has 2 aromatic rings. The van der Waals surface area contributed by atoms with E-state index in [0.717, 1.165) is 0 Å². The highest BCUT2D eigenvalue weighted by Gasteiger charge is 2.19. The number of esters is 1. The number of nitrogens with zero attached hydrogens (tertiary/aromatic N) is 1. The molecule has 1 aromatic carbocycles. The van der Waals surface area contributed by atoms with E-state index in [2.05, 4.69) is 0 Å². The van der Waals surface area contributed by atoms with Crippen LogP contribution in [0.3, 0.4) is 0 Å². The first-order valence-corrected chi connectivity index (χ1v) is 7.23. The summed E-state index contributed by atoms with van der Waals surface area (Å²) in [4.78, 5) is 35.6. The smallest absolute Gasteiger partial charge is 0.355 e. The molecule has 0 aliphatic carbocycles. The third kappa shape index (κ3) is 3.01. The minimum atomic E-state index is -0.668. The maximum absolute atomic E-state index is 12.1. The maximum atomic E-state index is 12.1. The number of hydrogen-bond donors (Lipinski definition) is 0. The van der Waals surface area contributed by atoms with E-state index >= 15 is 0 Å². The third-order valence-corrected chi connectivity index (χ3v) is 3.65. The lowest BCUT2D eigenvalue weighted by Crippen LogP contribution is -2.16. The number of ether oxygens (including phenoxy) is 3. The summed E-state index contributed by atoms with van der Waals surface area (Å²) in [6, 6.07) is 6.21. The minimum absolute atomic E-state index is 0.119. The van der Waals surface area contributed by atoms with Crippen molar-refractivity contribution >= 4 is 17.5 Å². The molecular weight excluding hydrogens is 314 g/mol. The molecular formula is C17H15NO6. The molecule has 7 nitrogen and oxygen atoms in total. The zero-order chi connectivity index (χ0) is 17.3. The third-order valence-electron chi connectivity index (χ3n) is 3.65. The summed E-state index contributed by atoms with van der Waals surface area (Å²) in [6.45, 7) is 1.13. The number of ketones is 2. The van der Waals surface area contributed by atoms with Gasteiger partial charge >= 0.3 is 5.97 Å². The number of rotatable bonds is 5. The lowest BCUT2D eigenvalue weighted by molar-refractivity contribution is 0.0465. The van der Waals surface area contributed by atoms with Gasteiger partial charge in [-0.15, -0.1) is 0 Å². The van der Waals surface area contributed by atoms with Gasteiger partial charge in [-0.25, -0.2) is 4.79 Å². The molecule has 0 atom stereocenters. The summed E-state index contributed by atoms with van der Waals surface area (Å²) >= 11 is 0. The average molecular weight is 329 g/mol. The van der Waals surface area contributed by atoms with Crippen molar-refractivity contribution in [3.05, 3.63) is 47.3 Å². The highest BCUT2D eigenvalue weighted by Crippen LogP contribution is 2.32. The highest BCUT2D eigenvalue weighted by atomic mass is 16.7. The molecule has 1 aromatic heterocycles. The SMILES string of the molecule is CC(=O)c1cc(C(=O)OCC(=O)c2ccc3c(c2)OCO3)n(C)c1. The summed E-state index contributed by atoms with van der Waals surface area (Å²) in [7, 11) is 1.63. The molecule has 0 saturated carbocycles. The number of benzene rings is 1. The predicted molar refractivity (Wildman–Crippen MR) is 82.6 cm³/mol. The topological polar surface area (TPSA) is 83.8 Å². The van der Waals surface area contributed by atoms with Gasteiger partial charge < -0.3 is 18.8 Å². The first kappa shape index (κ1) is 15.8. The average Bonchev–Trinajstić information content (AvgIpc) is 3.17. The fraction of sp³-hybridized carbons (Fsp3) is 0.235. The monoisotopic (exact) mass is 329 g/mol. The summed E-state index contributed by atoms with van der Waals surface area (Å²) in [5.41, 5.74) is 0.980. The van der Waals surface area contributed by atoms with Crippen molar-refractivity contribution in [3.63, 3.8) is 0 Å². The Morgan fingerprint density at radius 3 is 2.58 bits per heavy atom. The molecule has 3 rings (SSSR count). The van der Waals surface area contributed by atoms with Crippen LogP contribution in [0, 0.1) is 0 Å². The highest BCUT2D eigenvalue weighted by molar-refractivity contribution is 6.01. The Hall–Kier alpha value is -3.09. The molecule has 0 saturated heterocycles. The van der Waals surface area contributed by atoms with Gasteiger partial charge in [-0.1, -0.05) is 0 Å². The molecule has 0 fully saturated rings. The van der Waals surface area contributed by atoms with E-state index in [-0.39, 0.29) is 24.1 Å². The van der Waals surface area contributed by atoms with Crippen molar-refractivity contribution in [2.24, 2.45) is 7.05 Å². The second-order valence-corrected chi connectivity index (χ2v) is 5.35. The standard InChI is InChI=1S/C17H15NO6/c1-10(19)12-5-13(18(2)7-12)17(21)22-8-14(20)11-3-4-15-16(6-11)24-9-23-15/h3-7H,8-9H2,1-2H3. The number of carbonyl (C=O) groups is 3. The van der Waals surface area contributed by atoms with Crippen LogP contribution < -0.4 is 9.47 Å². The van der Waals surface area contributed by atoms with Gasteiger partial charge in [0.05, 0.1) is 0 Å². The van der Waals surface area contributed by atoms with Gasteiger partial charge in [-0.3, -0.25) is 9.59 Å². The van der Waals surface area contributed by atoms with Crippen LogP contribution in [0.15, 0.2) is 30.5 Å². The number of aryl methyl sites for hydroxylation is 1. The summed E-state index contributed by atoms with van der Waals surface area (Å²) in [5.74, 6) is -0.118. The lowest BCUT2D eigenvalue weighted by atomic mass is 10.1. The van der Waals surface area contributed by atoms with Gasteiger partial charge in [0, 0.05) is 24.4 Å². The van der Waals surface area contributed by atoms with E-state index in [9.17, 15) is 14.4 Å². The molecule has 1 aliphatic heterocycles. The molecule has 2 heterocycles. The van der Waals surface area contributed by atoms with Crippen LogP contribution in [-0.4, -0.2) is 35.5 Å². The van der Waals surface area contributed by atoms with Gasteiger partial charge in [0.2, 0.25) is 6.79 Å². The molecule has 0 bridgehead atoms. The number of hydrogen-bond acceptors (Lipinski definition) is 6. The predicted octanol–water partition coefficient (Wildman–Crippen LogP) is 2.00. The number of carbonyl (C=O) groups excluding carboxylic acids is 3. The second kappa shape index (κ2) is 6.19. The van der Waals surface area contributed by atoms with E-state index in [1.165, 1.54) is 17.6 Å². The normalized spacial score (nSPS) is 12.1. The Kier molecular flexibility index (Phi) is 4.07. The van der Waals surface area contributed by atoms with Crippen LogP contribution in [0.4, 0.5) is 0 Å². The number of aromatic nitrogens is 1. The van der Waals surface area contributed by atoms with Crippen LogP contribution in [0.25, 0.3) is 0 Å². The van der Waals surface area contributed by atoms with Crippen LogP contribution in [0.5, 0.6) is 11.5 Å². The van der Waals surface area contributed by atoms with Gasteiger partial charge in [0.1, 0.15) is 5.69 Å². The molecule has 0 radical (unpaired) electrons. The van der Waals surface area contributed by atoms with Crippen molar-refractivity contribution in [2.75, 3.05) is 13.4 Å². The van der Waals surface area contributed by atoms with Gasteiger partial charge in [0.25, 0.3) is 0 Å². The zero-order valence-corrected chi connectivity index (χ0v) is 13.2. The van der Waals surface area contributed by atoms with Gasteiger partial charge in [-0.05, 0) is 31.2 Å². The first-order chi connectivity index (χ1) is 11.5. The summed E-state index contributed by atoms with van der Waals surface area (Å²) in [5, 5.41) is 0. The van der Waals surface area contributed by atoms with Gasteiger partial charge in [0.15, 0.2) is 29.7 Å². The zero-order valence-electron chi connectivity index (χ0n) is 13.2. The van der Waals surface area contributed by atoms with Crippen molar-refractivity contribution < 1.29 is 28.6 Å². The fourth-order valence-corrected chi connectivity index (χ4v) is 2.32. The fourth-order valence-electron chi connectivity index (χ4n) is 2.32. The second-order valence-electron chi connectivity index (χ2n) is 5.35. The van der Waals surface area contributed by atoms with E-state index in [1.807, 2.05) is 0 Å². The van der Waals surface area contributed by atoms with Crippen LogP contribution >= 0.6 is 0 Å². The molecule has 7 heteroatoms. The number of Topliss-reactive ketones (excluding diaryl/α,β-unsaturated/α-hetero) is 2. The lowest BCUT2D eigenvalue weighted by Gasteiger charge is -2.05.